The fourth-order valence-corrected chi connectivity index (χ4v) is 4.63. The summed E-state index contributed by atoms with van der Waals surface area (Å²) in [4.78, 5) is 57.6. The highest BCUT2D eigenvalue weighted by molar-refractivity contribution is 5.96. The Bertz CT molecular complexity index is 1140. The van der Waals surface area contributed by atoms with Gasteiger partial charge in [0.15, 0.2) is 0 Å². The zero-order chi connectivity index (χ0) is 27.5. The first-order valence-electron chi connectivity index (χ1n) is 13.5. The highest BCUT2D eigenvalue weighted by Crippen LogP contribution is 2.15. The number of ether oxygens (including phenoxy) is 1. The second kappa shape index (κ2) is 14.2. The van der Waals surface area contributed by atoms with E-state index in [0.29, 0.717) is 51.2 Å². The summed E-state index contributed by atoms with van der Waals surface area (Å²) >= 11 is 0. The van der Waals surface area contributed by atoms with E-state index in [4.69, 9.17) is 4.74 Å². The van der Waals surface area contributed by atoms with Gasteiger partial charge in [0, 0.05) is 64.1 Å². The molecule has 2 atom stereocenters. The summed E-state index contributed by atoms with van der Waals surface area (Å²) in [5.41, 5.74) is 1.74. The quantitative estimate of drug-likeness (QED) is 0.456. The van der Waals surface area contributed by atoms with E-state index in [1.807, 2.05) is 30.3 Å². The van der Waals surface area contributed by atoms with E-state index in [1.54, 1.807) is 17.0 Å². The van der Waals surface area contributed by atoms with Crippen LogP contribution in [0, 0.1) is 0 Å². The molecule has 4 amide bonds. The number of nitrogens with one attached hydrogen (secondary N) is 4. The Hall–Kier alpha value is -3.99. The topological polar surface area (TPSA) is 142 Å². The van der Waals surface area contributed by atoms with Gasteiger partial charge in [-0.3, -0.25) is 24.2 Å². The van der Waals surface area contributed by atoms with Crippen LogP contribution in [0.2, 0.25) is 0 Å². The minimum Gasteiger partial charge on any atom is -0.383 e. The standard InChI is InChI=1S/C28H36N6O5/c35-25-9-4-15-34(28(38)24-8-5-17-39-24)16-14-32-26(36)23(18-20-6-2-1-3-7-20)33-27(37)22-19-21(10-11-30-22)29-12-13-31-25/h1-3,6-7,10-11,19,23-24,29H,4-5,8-9,12-18H2,(H,31,35)(H,32,36)(H,33,37)/t23-,24+/m0/s1. The lowest BCUT2D eigenvalue weighted by atomic mass is 10.0. The second-order valence-electron chi connectivity index (χ2n) is 9.64. The predicted octanol–water partition coefficient (Wildman–Crippen LogP) is 0.868. The molecular weight excluding hydrogens is 500 g/mol. The summed E-state index contributed by atoms with van der Waals surface area (Å²) in [7, 11) is 0. The molecule has 11 heteroatoms. The van der Waals surface area contributed by atoms with Crippen molar-refractivity contribution in [1.29, 1.82) is 0 Å². The van der Waals surface area contributed by atoms with Gasteiger partial charge in [-0.2, -0.15) is 0 Å². The minimum absolute atomic E-state index is 0.105. The first-order chi connectivity index (χ1) is 19.0. The van der Waals surface area contributed by atoms with Crippen LogP contribution in [-0.2, 0) is 25.5 Å². The molecular formula is C28H36N6O5. The molecule has 2 aliphatic rings. The normalized spacial score (nSPS) is 21.8. The molecule has 1 saturated heterocycles. The number of anilines is 1. The maximum Gasteiger partial charge on any atom is 0.270 e. The lowest BCUT2D eigenvalue weighted by Gasteiger charge is -2.26. The second-order valence-corrected chi connectivity index (χ2v) is 9.64. The average molecular weight is 537 g/mol. The largest absolute Gasteiger partial charge is 0.383 e. The van der Waals surface area contributed by atoms with E-state index in [-0.39, 0.29) is 42.9 Å². The third-order valence-electron chi connectivity index (χ3n) is 6.70. The zero-order valence-corrected chi connectivity index (χ0v) is 22.0. The van der Waals surface area contributed by atoms with Crippen LogP contribution in [0.3, 0.4) is 0 Å². The van der Waals surface area contributed by atoms with E-state index >= 15 is 0 Å². The lowest BCUT2D eigenvalue weighted by Crippen LogP contribution is -2.50. The van der Waals surface area contributed by atoms with Gasteiger partial charge in [-0.15, -0.1) is 0 Å². The fraction of sp³-hybridized carbons (Fsp3) is 0.464. The Morgan fingerprint density at radius 2 is 1.79 bits per heavy atom. The number of amides is 4. The van der Waals surface area contributed by atoms with Crippen molar-refractivity contribution in [2.24, 2.45) is 0 Å². The Morgan fingerprint density at radius 1 is 0.974 bits per heavy atom. The van der Waals surface area contributed by atoms with Gasteiger partial charge in [0.2, 0.25) is 11.8 Å². The van der Waals surface area contributed by atoms with Gasteiger partial charge >= 0.3 is 0 Å². The number of rotatable bonds is 3. The summed E-state index contributed by atoms with van der Waals surface area (Å²) < 4.78 is 5.58. The molecule has 39 heavy (non-hydrogen) atoms. The van der Waals surface area contributed by atoms with Crippen LogP contribution in [0.25, 0.3) is 0 Å². The molecule has 2 aliphatic heterocycles. The Labute approximate surface area is 228 Å². The molecule has 0 aliphatic carbocycles. The molecule has 11 nitrogen and oxygen atoms in total. The number of nitrogens with zero attached hydrogens (tertiary/aromatic N) is 2. The van der Waals surface area contributed by atoms with Crippen LogP contribution in [0.5, 0.6) is 0 Å². The zero-order valence-electron chi connectivity index (χ0n) is 22.0. The maximum atomic E-state index is 13.3. The first kappa shape index (κ1) is 28.0. The van der Waals surface area contributed by atoms with Crippen molar-refractivity contribution < 1.29 is 23.9 Å². The molecule has 1 aromatic carbocycles. The van der Waals surface area contributed by atoms with Gasteiger partial charge in [0.25, 0.3) is 11.8 Å². The smallest absolute Gasteiger partial charge is 0.270 e. The minimum atomic E-state index is -0.843. The summed E-state index contributed by atoms with van der Waals surface area (Å²) in [6, 6.07) is 11.9. The molecule has 0 saturated carbocycles. The molecule has 208 valence electrons. The summed E-state index contributed by atoms with van der Waals surface area (Å²) in [6.07, 6.45) is 3.58. The van der Waals surface area contributed by atoms with Crippen LogP contribution in [0.4, 0.5) is 5.69 Å². The highest BCUT2D eigenvalue weighted by Gasteiger charge is 2.29. The average Bonchev–Trinajstić information content (AvgIpc) is 3.49. The van der Waals surface area contributed by atoms with Crippen LogP contribution < -0.4 is 21.3 Å². The van der Waals surface area contributed by atoms with Crippen molar-refractivity contribution in [1.82, 2.24) is 25.8 Å². The van der Waals surface area contributed by atoms with Crippen molar-refractivity contribution in [3.63, 3.8) is 0 Å². The van der Waals surface area contributed by atoms with Gasteiger partial charge in [-0.25, -0.2) is 0 Å². The SMILES string of the molecule is O=C1CCCN(C(=O)[C@H]2CCCO2)CCNC(=O)[C@H](Cc2ccccc2)NC(=O)c2cc(ccn2)NCCN1. The van der Waals surface area contributed by atoms with E-state index in [9.17, 15) is 19.2 Å². The Morgan fingerprint density at radius 3 is 2.59 bits per heavy atom. The maximum absolute atomic E-state index is 13.3. The number of benzene rings is 1. The third-order valence-corrected chi connectivity index (χ3v) is 6.70. The van der Waals surface area contributed by atoms with Crippen molar-refractivity contribution in [2.75, 3.05) is 44.6 Å². The number of hydrogen-bond donors (Lipinski definition) is 4. The number of pyridine rings is 1. The fourth-order valence-electron chi connectivity index (χ4n) is 4.63. The molecule has 1 aromatic heterocycles. The number of hydrogen-bond acceptors (Lipinski definition) is 7. The van der Waals surface area contributed by atoms with Crippen molar-refractivity contribution in [2.45, 2.75) is 44.2 Å². The number of aromatic nitrogens is 1. The van der Waals surface area contributed by atoms with Gasteiger partial charge in [0.1, 0.15) is 17.8 Å². The van der Waals surface area contributed by atoms with E-state index in [0.717, 1.165) is 12.0 Å². The van der Waals surface area contributed by atoms with Crippen molar-refractivity contribution in [3.8, 4) is 0 Å². The van der Waals surface area contributed by atoms with Crippen molar-refractivity contribution >= 4 is 29.3 Å². The van der Waals surface area contributed by atoms with Crippen LogP contribution >= 0.6 is 0 Å². The molecule has 0 spiro atoms. The molecule has 4 rings (SSSR count). The molecule has 3 heterocycles. The molecule has 4 N–H and O–H groups in total. The molecule has 0 radical (unpaired) electrons. The summed E-state index contributed by atoms with van der Waals surface area (Å²) in [5, 5.41) is 11.7. The molecule has 0 unspecified atom stereocenters. The third kappa shape index (κ3) is 8.51. The van der Waals surface area contributed by atoms with Gasteiger partial charge < -0.3 is 30.9 Å². The number of fused-ring (bicyclic) bond motifs is 2. The lowest BCUT2D eigenvalue weighted by molar-refractivity contribution is -0.141. The summed E-state index contributed by atoms with van der Waals surface area (Å²) in [6.45, 7) is 2.25. The Kier molecular flexibility index (Phi) is 10.2. The molecule has 1 fully saturated rings. The van der Waals surface area contributed by atoms with Gasteiger partial charge in [-0.05, 0) is 37.0 Å². The van der Waals surface area contributed by atoms with E-state index < -0.39 is 18.1 Å². The Balaban J connectivity index is 1.50. The highest BCUT2D eigenvalue weighted by atomic mass is 16.5. The monoisotopic (exact) mass is 536 g/mol. The van der Waals surface area contributed by atoms with Gasteiger partial charge in [-0.1, -0.05) is 30.3 Å². The molecule has 2 aromatic rings. The predicted molar refractivity (Wildman–Crippen MR) is 145 cm³/mol. The van der Waals surface area contributed by atoms with Crippen LogP contribution in [0.1, 0.15) is 41.7 Å². The number of carbonyl (C=O) groups excluding carboxylic acids is 4. The van der Waals surface area contributed by atoms with E-state index in [2.05, 4.69) is 26.3 Å². The van der Waals surface area contributed by atoms with Crippen LogP contribution in [-0.4, -0.2) is 85.0 Å². The van der Waals surface area contributed by atoms with Crippen LogP contribution in [0.15, 0.2) is 48.7 Å². The first-order valence-corrected chi connectivity index (χ1v) is 13.5. The van der Waals surface area contributed by atoms with Gasteiger partial charge in [0.05, 0.1) is 0 Å². The molecule has 2 bridgehead atoms. The summed E-state index contributed by atoms with van der Waals surface area (Å²) in [5.74, 6) is -1.07. The number of carbonyl (C=O) groups is 4. The van der Waals surface area contributed by atoms with Crippen molar-refractivity contribution in [3.05, 3.63) is 59.9 Å². The van der Waals surface area contributed by atoms with E-state index in [1.165, 1.54) is 6.20 Å².